The summed E-state index contributed by atoms with van der Waals surface area (Å²) in [6.45, 7) is 0. The summed E-state index contributed by atoms with van der Waals surface area (Å²) in [7, 11) is 1.24. The van der Waals surface area contributed by atoms with E-state index in [2.05, 4.69) is 0 Å². The van der Waals surface area contributed by atoms with Gasteiger partial charge in [0.25, 0.3) is 0 Å². The van der Waals surface area contributed by atoms with Crippen molar-refractivity contribution in [1.29, 1.82) is 0 Å². The van der Waals surface area contributed by atoms with Crippen molar-refractivity contribution >= 4 is 15.2 Å². The van der Waals surface area contributed by atoms with Crippen molar-refractivity contribution in [2.75, 3.05) is 24.6 Å². The molecule has 0 nitrogen and oxygen atoms in total. The number of hydrogen-bond acceptors (Lipinski definition) is 0. The zero-order valence-corrected chi connectivity index (χ0v) is 8.34. The van der Waals surface area contributed by atoms with Crippen LogP contribution in [-0.2, 0) is 0 Å². The molecule has 0 aromatic heterocycles. The SMILES string of the molecule is C1CCP(P2CCCC2)C1. The van der Waals surface area contributed by atoms with Crippen LogP contribution < -0.4 is 0 Å². The molecule has 2 heteroatoms. The van der Waals surface area contributed by atoms with Crippen LogP contribution in [0.4, 0.5) is 0 Å². The fourth-order valence-corrected chi connectivity index (χ4v) is 11.0. The molecule has 2 rings (SSSR count). The van der Waals surface area contributed by atoms with E-state index in [0.29, 0.717) is 15.2 Å². The summed E-state index contributed by atoms with van der Waals surface area (Å²) in [5.74, 6) is 0. The van der Waals surface area contributed by atoms with Crippen LogP contribution in [0.25, 0.3) is 0 Å². The maximum absolute atomic E-state index is 1.65. The lowest BCUT2D eigenvalue weighted by molar-refractivity contribution is 0.949. The van der Waals surface area contributed by atoms with Gasteiger partial charge in [0.2, 0.25) is 0 Å². The van der Waals surface area contributed by atoms with Crippen LogP contribution in [0.2, 0.25) is 0 Å². The molecule has 2 saturated heterocycles. The Hall–Kier alpha value is 0.860. The average Bonchev–Trinajstić information content (AvgIpc) is 2.59. The molecule has 0 spiro atoms. The summed E-state index contributed by atoms with van der Waals surface area (Å²) in [6.07, 6.45) is 12.9. The molecule has 58 valence electrons. The van der Waals surface area contributed by atoms with Crippen LogP contribution in [0.5, 0.6) is 0 Å². The highest BCUT2D eigenvalue weighted by molar-refractivity contribution is 8.30. The largest absolute Gasteiger partial charge is 0.0810 e. The summed E-state index contributed by atoms with van der Waals surface area (Å²) in [5.41, 5.74) is 0. The first-order valence-electron chi connectivity index (χ1n) is 4.46. The molecule has 0 aromatic rings. The first kappa shape index (κ1) is 7.51. The van der Waals surface area contributed by atoms with E-state index in [1.807, 2.05) is 0 Å². The molecule has 0 radical (unpaired) electrons. The molecule has 10 heavy (non-hydrogen) atoms. The maximum atomic E-state index is 1.65. The van der Waals surface area contributed by atoms with Gasteiger partial charge < -0.3 is 0 Å². The Labute approximate surface area is 66.2 Å². The maximum Gasteiger partial charge on any atom is -0.0287 e. The van der Waals surface area contributed by atoms with Crippen LogP contribution in [0.1, 0.15) is 25.7 Å². The first-order chi connectivity index (χ1) is 4.97. The van der Waals surface area contributed by atoms with Crippen molar-refractivity contribution in [1.82, 2.24) is 0 Å². The smallest absolute Gasteiger partial charge is 0.0287 e. The van der Waals surface area contributed by atoms with Gasteiger partial charge in [0.1, 0.15) is 0 Å². The second kappa shape index (κ2) is 3.51. The van der Waals surface area contributed by atoms with Crippen LogP contribution in [-0.4, -0.2) is 24.6 Å². The molecular formula is C8H16P2. The highest BCUT2D eigenvalue weighted by atomic mass is 32.1. The molecule has 2 aliphatic rings. The Kier molecular flexibility index (Phi) is 2.63. The van der Waals surface area contributed by atoms with Crippen molar-refractivity contribution in [3.63, 3.8) is 0 Å². The average molecular weight is 174 g/mol. The zero-order chi connectivity index (χ0) is 6.81. The Morgan fingerprint density at radius 3 is 1.10 bits per heavy atom. The lowest BCUT2D eigenvalue weighted by atomic mass is 10.4. The van der Waals surface area contributed by atoms with Crippen LogP contribution in [0.3, 0.4) is 0 Å². The lowest BCUT2D eigenvalue weighted by Gasteiger charge is -2.17. The van der Waals surface area contributed by atoms with Gasteiger partial charge in [0.05, 0.1) is 0 Å². The highest BCUT2D eigenvalue weighted by Gasteiger charge is 2.25. The molecule has 0 aromatic carbocycles. The minimum Gasteiger partial charge on any atom is -0.0810 e. The van der Waals surface area contributed by atoms with E-state index in [4.69, 9.17) is 0 Å². The summed E-state index contributed by atoms with van der Waals surface area (Å²) < 4.78 is 0. The zero-order valence-electron chi connectivity index (χ0n) is 6.55. The molecule has 0 aliphatic carbocycles. The molecule has 0 amide bonds. The first-order valence-corrected chi connectivity index (χ1v) is 8.59. The van der Waals surface area contributed by atoms with Crippen LogP contribution in [0, 0.1) is 0 Å². The predicted octanol–water partition coefficient (Wildman–Crippen LogP) is 3.45. The molecule has 0 bridgehead atoms. The molecule has 0 unspecified atom stereocenters. The third kappa shape index (κ3) is 1.54. The van der Waals surface area contributed by atoms with Crippen molar-refractivity contribution in [3.05, 3.63) is 0 Å². The van der Waals surface area contributed by atoms with Crippen molar-refractivity contribution in [2.45, 2.75) is 25.7 Å². The van der Waals surface area contributed by atoms with Crippen molar-refractivity contribution in [3.8, 4) is 0 Å². The van der Waals surface area contributed by atoms with E-state index in [0.717, 1.165) is 0 Å². The number of rotatable bonds is 1. The second-order valence-corrected chi connectivity index (χ2v) is 10.5. The standard InChI is InChI=1S/C8H16P2/c1-2-6-9(5-1)10-7-3-4-8-10/h1-8H2. The number of hydrogen-bond donors (Lipinski definition) is 0. The van der Waals surface area contributed by atoms with Gasteiger partial charge in [-0.25, -0.2) is 0 Å². The van der Waals surface area contributed by atoms with Crippen LogP contribution in [0.15, 0.2) is 0 Å². The van der Waals surface area contributed by atoms with E-state index < -0.39 is 0 Å². The van der Waals surface area contributed by atoms with Gasteiger partial charge in [0.15, 0.2) is 0 Å². The summed E-state index contributed by atoms with van der Waals surface area (Å²) in [6, 6.07) is 0. The molecule has 2 aliphatic heterocycles. The van der Waals surface area contributed by atoms with Gasteiger partial charge in [-0.1, -0.05) is 15.2 Å². The van der Waals surface area contributed by atoms with Gasteiger partial charge in [-0.05, 0) is 50.3 Å². The van der Waals surface area contributed by atoms with Gasteiger partial charge in [-0.15, -0.1) is 0 Å². The molecule has 0 N–H and O–H groups in total. The van der Waals surface area contributed by atoms with Crippen molar-refractivity contribution in [2.24, 2.45) is 0 Å². The molecule has 2 heterocycles. The van der Waals surface area contributed by atoms with Gasteiger partial charge in [0, 0.05) is 0 Å². The van der Waals surface area contributed by atoms with Gasteiger partial charge >= 0.3 is 0 Å². The van der Waals surface area contributed by atoms with Crippen LogP contribution >= 0.6 is 15.2 Å². The van der Waals surface area contributed by atoms with E-state index >= 15 is 0 Å². The lowest BCUT2D eigenvalue weighted by Crippen LogP contribution is -1.77. The second-order valence-electron chi connectivity index (χ2n) is 3.32. The summed E-state index contributed by atoms with van der Waals surface area (Å²) in [4.78, 5) is 0. The predicted molar refractivity (Wildman–Crippen MR) is 51.8 cm³/mol. The third-order valence-corrected chi connectivity index (χ3v) is 11.5. The minimum atomic E-state index is 0.619. The topological polar surface area (TPSA) is 0 Å². The van der Waals surface area contributed by atoms with Crippen molar-refractivity contribution < 1.29 is 0 Å². The Morgan fingerprint density at radius 2 is 0.800 bits per heavy atom. The van der Waals surface area contributed by atoms with Gasteiger partial charge in [-0.2, -0.15) is 0 Å². The quantitative estimate of drug-likeness (QED) is 0.534. The van der Waals surface area contributed by atoms with E-state index in [-0.39, 0.29) is 0 Å². The van der Waals surface area contributed by atoms with E-state index in [1.54, 1.807) is 50.3 Å². The Bertz CT molecular complexity index is 87.8. The molecule has 0 saturated carbocycles. The normalized spacial score (nSPS) is 30.0. The van der Waals surface area contributed by atoms with E-state index in [9.17, 15) is 0 Å². The highest BCUT2D eigenvalue weighted by Crippen LogP contribution is 2.73. The fourth-order valence-electron chi connectivity index (χ4n) is 1.97. The molecule has 0 atom stereocenters. The monoisotopic (exact) mass is 174 g/mol. The third-order valence-electron chi connectivity index (χ3n) is 2.56. The Balaban J connectivity index is 1.85. The Morgan fingerprint density at radius 1 is 0.500 bits per heavy atom. The fraction of sp³-hybridized carbons (Fsp3) is 1.00. The summed E-state index contributed by atoms with van der Waals surface area (Å²) in [5, 5.41) is 0. The summed E-state index contributed by atoms with van der Waals surface area (Å²) >= 11 is 0. The molecular weight excluding hydrogens is 158 g/mol. The molecule has 2 fully saturated rings. The minimum absolute atomic E-state index is 0.619. The van der Waals surface area contributed by atoms with E-state index in [1.165, 1.54) is 0 Å². The van der Waals surface area contributed by atoms with Gasteiger partial charge in [-0.3, -0.25) is 0 Å².